The number of ether oxygens (including phenoxy) is 1. The number of nitrogens with zero attached hydrogens (tertiary/aromatic N) is 3. The maximum atomic E-state index is 13.1. The molecule has 1 saturated heterocycles. The fourth-order valence-corrected chi connectivity index (χ4v) is 3.26. The van der Waals surface area contributed by atoms with E-state index >= 15 is 0 Å². The topological polar surface area (TPSA) is 76.5 Å². The second-order valence-corrected chi connectivity index (χ2v) is 6.98. The van der Waals surface area contributed by atoms with Crippen LogP contribution < -0.4 is 5.32 Å². The van der Waals surface area contributed by atoms with E-state index < -0.39 is 0 Å². The molecule has 1 aliphatic rings. The number of para-hydroxylation sites is 1. The van der Waals surface area contributed by atoms with Gasteiger partial charge in [-0.05, 0) is 32.9 Å². The van der Waals surface area contributed by atoms with Crippen LogP contribution >= 0.6 is 0 Å². The number of rotatable bonds is 5. The molecule has 1 N–H and O–H groups in total. The van der Waals surface area contributed by atoms with Crippen LogP contribution in [0.2, 0.25) is 0 Å². The highest BCUT2D eigenvalue weighted by Crippen LogP contribution is 2.19. The van der Waals surface area contributed by atoms with Gasteiger partial charge in [-0.15, -0.1) is 0 Å². The summed E-state index contributed by atoms with van der Waals surface area (Å²) in [4.78, 5) is 27.0. The third-order valence-electron chi connectivity index (χ3n) is 5.08. The number of benzene rings is 1. The SMILES string of the molecule is C/C=C(/C)C(=O)N[C@H]1CN(C(=O)c2nn(-c3ccccc3)cc2C)C[C@H]1OC. The van der Waals surface area contributed by atoms with Crippen LogP contribution in [0.4, 0.5) is 0 Å². The standard InChI is InChI=1S/C21H26N4O3/c1-5-14(2)20(26)22-17-12-24(13-18(17)28-4)21(27)19-15(3)11-25(23-19)16-9-7-6-8-10-16/h5-11,17-18H,12-13H2,1-4H3,(H,22,26)/b14-5-/t17-,18+/m0/s1. The van der Waals surface area contributed by atoms with E-state index in [1.54, 1.807) is 29.7 Å². The Hall–Kier alpha value is -2.93. The van der Waals surface area contributed by atoms with Crippen molar-refractivity contribution >= 4 is 11.8 Å². The molecule has 0 spiro atoms. The zero-order valence-corrected chi connectivity index (χ0v) is 16.7. The molecule has 1 aliphatic heterocycles. The van der Waals surface area contributed by atoms with Crippen LogP contribution in [0.15, 0.2) is 48.2 Å². The lowest BCUT2D eigenvalue weighted by Crippen LogP contribution is -2.44. The van der Waals surface area contributed by atoms with E-state index in [9.17, 15) is 9.59 Å². The van der Waals surface area contributed by atoms with Gasteiger partial charge >= 0.3 is 0 Å². The lowest BCUT2D eigenvalue weighted by Gasteiger charge is -2.18. The maximum Gasteiger partial charge on any atom is 0.274 e. The first kappa shape index (κ1) is 19.8. The molecule has 1 aromatic heterocycles. The quantitative estimate of drug-likeness (QED) is 0.804. The Balaban J connectivity index is 1.76. The number of aromatic nitrogens is 2. The van der Waals surface area contributed by atoms with Gasteiger partial charge in [0.2, 0.25) is 5.91 Å². The van der Waals surface area contributed by atoms with Crippen LogP contribution in [-0.2, 0) is 9.53 Å². The summed E-state index contributed by atoms with van der Waals surface area (Å²) in [6, 6.07) is 9.41. The minimum absolute atomic E-state index is 0.145. The molecule has 7 heteroatoms. The Labute approximate surface area is 165 Å². The summed E-state index contributed by atoms with van der Waals surface area (Å²) in [5.74, 6) is -0.304. The van der Waals surface area contributed by atoms with Gasteiger partial charge in [0.25, 0.3) is 5.91 Å². The highest BCUT2D eigenvalue weighted by molar-refractivity contribution is 5.95. The zero-order chi connectivity index (χ0) is 20.3. The summed E-state index contributed by atoms with van der Waals surface area (Å²) in [7, 11) is 1.59. The number of allylic oxidation sites excluding steroid dienone is 1. The molecule has 0 bridgehead atoms. The largest absolute Gasteiger partial charge is 0.377 e. The maximum absolute atomic E-state index is 13.1. The normalized spacial score (nSPS) is 19.7. The molecular weight excluding hydrogens is 356 g/mol. The number of methoxy groups -OCH3 is 1. The van der Waals surface area contributed by atoms with Crippen molar-refractivity contribution in [3.8, 4) is 5.69 Å². The van der Waals surface area contributed by atoms with Crippen molar-refractivity contribution < 1.29 is 14.3 Å². The summed E-state index contributed by atoms with van der Waals surface area (Å²) in [5, 5.41) is 7.45. The Morgan fingerprint density at radius 2 is 1.96 bits per heavy atom. The molecule has 0 saturated carbocycles. The molecule has 0 aliphatic carbocycles. The predicted molar refractivity (Wildman–Crippen MR) is 106 cm³/mol. The molecule has 0 unspecified atom stereocenters. The van der Waals surface area contributed by atoms with Crippen molar-refractivity contribution in [2.45, 2.75) is 32.9 Å². The molecule has 2 heterocycles. The van der Waals surface area contributed by atoms with Crippen molar-refractivity contribution in [2.24, 2.45) is 0 Å². The van der Waals surface area contributed by atoms with Gasteiger partial charge in [0.15, 0.2) is 5.69 Å². The second-order valence-electron chi connectivity index (χ2n) is 6.98. The number of carbonyl (C=O) groups excluding carboxylic acids is 2. The smallest absolute Gasteiger partial charge is 0.274 e. The van der Waals surface area contributed by atoms with Crippen LogP contribution in [0.3, 0.4) is 0 Å². The molecular formula is C21H26N4O3. The van der Waals surface area contributed by atoms with E-state index in [1.165, 1.54) is 0 Å². The summed E-state index contributed by atoms with van der Waals surface area (Å²) < 4.78 is 7.21. The van der Waals surface area contributed by atoms with Gasteiger partial charge in [0.1, 0.15) is 0 Å². The van der Waals surface area contributed by atoms with Crippen molar-refractivity contribution in [3.05, 3.63) is 59.4 Å². The average molecular weight is 382 g/mol. The molecule has 0 radical (unpaired) electrons. The number of carbonyl (C=O) groups is 2. The molecule has 2 amide bonds. The second kappa shape index (κ2) is 8.39. The number of hydrogen-bond acceptors (Lipinski definition) is 4. The number of nitrogens with one attached hydrogen (secondary N) is 1. The van der Waals surface area contributed by atoms with Crippen LogP contribution in [0.25, 0.3) is 5.69 Å². The van der Waals surface area contributed by atoms with Crippen molar-refractivity contribution in [1.29, 1.82) is 0 Å². The van der Waals surface area contributed by atoms with Crippen molar-refractivity contribution in [2.75, 3.05) is 20.2 Å². The minimum atomic E-state index is -0.257. The van der Waals surface area contributed by atoms with Crippen LogP contribution in [-0.4, -0.2) is 58.8 Å². The van der Waals surface area contributed by atoms with Crippen LogP contribution in [0, 0.1) is 6.92 Å². The number of aryl methyl sites for hydroxylation is 1. The molecule has 28 heavy (non-hydrogen) atoms. The molecule has 148 valence electrons. The lowest BCUT2D eigenvalue weighted by molar-refractivity contribution is -0.118. The Morgan fingerprint density at radius 3 is 2.61 bits per heavy atom. The van der Waals surface area contributed by atoms with Gasteiger partial charge < -0.3 is 15.0 Å². The molecule has 2 aromatic rings. The summed E-state index contributed by atoms with van der Waals surface area (Å²) >= 11 is 0. The van der Waals surface area contributed by atoms with Crippen molar-refractivity contribution in [1.82, 2.24) is 20.0 Å². The lowest BCUT2D eigenvalue weighted by atomic mass is 10.2. The summed E-state index contributed by atoms with van der Waals surface area (Å²) in [5.41, 5.74) is 2.75. The zero-order valence-electron chi connectivity index (χ0n) is 16.7. The van der Waals surface area contributed by atoms with Gasteiger partial charge in [-0.1, -0.05) is 24.3 Å². The minimum Gasteiger partial charge on any atom is -0.377 e. The van der Waals surface area contributed by atoms with Crippen LogP contribution in [0.1, 0.15) is 29.9 Å². The average Bonchev–Trinajstić information content (AvgIpc) is 3.30. The summed E-state index contributed by atoms with van der Waals surface area (Å²) in [6.07, 6.45) is 3.35. The third kappa shape index (κ3) is 3.99. The molecule has 2 atom stereocenters. The molecule has 7 nitrogen and oxygen atoms in total. The molecule has 1 aromatic carbocycles. The van der Waals surface area contributed by atoms with Gasteiger partial charge in [0.05, 0.1) is 17.8 Å². The first-order chi connectivity index (χ1) is 13.4. The van der Waals surface area contributed by atoms with E-state index in [1.807, 2.05) is 50.4 Å². The first-order valence-electron chi connectivity index (χ1n) is 9.32. The number of hydrogen-bond donors (Lipinski definition) is 1. The third-order valence-corrected chi connectivity index (χ3v) is 5.08. The predicted octanol–water partition coefficient (Wildman–Crippen LogP) is 2.10. The number of likely N-dealkylation sites (tertiary alicyclic amines) is 1. The fourth-order valence-electron chi connectivity index (χ4n) is 3.26. The van der Waals surface area contributed by atoms with Gasteiger partial charge in [0, 0.05) is 37.5 Å². The van der Waals surface area contributed by atoms with E-state index in [-0.39, 0.29) is 24.0 Å². The monoisotopic (exact) mass is 382 g/mol. The van der Waals surface area contributed by atoms with E-state index in [4.69, 9.17) is 4.74 Å². The Kier molecular flexibility index (Phi) is 5.94. The van der Waals surface area contributed by atoms with Crippen LogP contribution in [0.5, 0.6) is 0 Å². The highest BCUT2D eigenvalue weighted by Gasteiger charge is 2.37. The van der Waals surface area contributed by atoms with E-state index in [0.717, 1.165) is 11.3 Å². The van der Waals surface area contributed by atoms with E-state index in [0.29, 0.717) is 24.4 Å². The summed E-state index contributed by atoms with van der Waals surface area (Å²) in [6.45, 7) is 6.25. The highest BCUT2D eigenvalue weighted by atomic mass is 16.5. The van der Waals surface area contributed by atoms with Gasteiger partial charge in [-0.3, -0.25) is 9.59 Å². The first-order valence-corrected chi connectivity index (χ1v) is 9.32. The van der Waals surface area contributed by atoms with Crippen molar-refractivity contribution in [3.63, 3.8) is 0 Å². The van der Waals surface area contributed by atoms with Gasteiger partial charge in [-0.2, -0.15) is 5.10 Å². The number of amides is 2. The van der Waals surface area contributed by atoms with Gasteiger partial charge in [-0.25, -0.2) is 4.68 Å². The Bertz CT molecular complexity index is 888. The molecule has 3 rings (SSSR count). The fraction of sp³-hybridized carbons (Fsp3) is 0.381. The van der Waals surface area contributed by atoms with E-state index in [2.05, 4.69) is 10.4 Å². The Morgan fingerprint density at radius 1 is 1.25 bits per heavy atom. The molecule has 1 fully saturated rings.